The highest BCUT2D eigenvalue weighted by atomic mass is 32.2. The molecule has 9 heteroatoms. The summed E-state index contributed by atoms with van der Waals surface area (Å²) in [6, 6.07) is 11.0. The van der Waals surface area contributed by atoms with E-state index in [2.05, 4.69) is 5.32 Å². The summed E-state index contributed by atoms with van der Waals surface area (Å²) in [5.41, 5.74) is 1.98. The number of nitrogens with one attached hydrogen (secondary N) is 1. The van der Waals surface area contributed by atoms with Gasteiger partial charge >= 0.3 is 0 Å². The zero-order valence-corrected chi connectivity index (χ0v) is 14.8. The second-order valence-corrected chi connectivity index (χ2v) is 8.04. The number of para-hydroxylation sites is 1. The Hall–Kier alpha value is -2.78. The van der Waals surface area contributed by atoms with Crippen LogP contribution in [0, 0.1) is 10.1 Å². The Labute approximate surface area is 150 Å². The molecule has 3 rings (SSSR count). The van der Waals surface area contributed by atoms with E-state index in [4.69, 9.17) is 0 Å². The van der Waals surface area contributed by atoms with Gasteiger partial charge in [0.25, 0.3) is 11.6 Å². The van der Waals surface area contributed by atoms with Crippen LogP contribution in [0.1, 0.15) is 21.5 Å². The van der Waals surface area contributed by atoms with Crippen molar-refractivity contribution >= 4 is 27.3 Å². The van der Waals surface area contributed by atoms with E-state index in [-0.39, 0.29) is 17.8 Å². The number of nitro groups is 1. The fourth-order valence-corrected chi connectivity index (χ4v) is 3.71. The molecule has 0 saturated carbocycles. The van der Waals surface area contributed by atoms with Gasteiger partial charge in [0, 0.05) is 24.8 Å². The smallest absolute Gasteiger partial charge is 0.282 e. The number of fused-ring (bicyclic) bond motifs is 1. The Morgan fingerprint density at radius 3 is 2.62 bits per heavy atom. The summed E-state index contributed by atoms with van der Waals surface area (Å²) in [5.74, 6) is -0.590. The van der Waals surface area contributed by atoms with Crippen molar-refractivity contribution in [1.82, 2.24) is 4.31 Å². The highest BCUT2D eigenvalue weighted by Gasteiger charge is 2.24. The number of amides is 1. The molecule has 8 nitrogen and oxygen atoms in total. The highest BCUT2D eigenvalue weighted by molar-refractivity contribution is 7.88. The minimum absolute atomic E-state index is 0.0343. The molecule has 136 valence electrons. The topological polar surface area (TPSA) is 110 Å². The maximum atomic E-state index is 12.4. The van der Waals surface area contributed by atoms with Crippen LogP contribution in [0.15, 0.2) is 42.5 Å². The lowest BCUT2D eigenvalue weighted by Gasteiger charge is -2.27. The molecule has 26 heavy (non-hydrogen) atoms. The van der Waals surface area contributed by atoms with E-state index in [0.717, 1.165) is 17.4 Å². The van der Waals surface area contributed by atoms with Crippen molar-refractivity contribution in [2.45, 2.75) is 13.0 Å². The quantitative estimate of drug-likeness (QED) is 0.650. The first-order chi connectivity index (χ1) is 12.3. The van der Waals surface area contributed by atoms with Crippen molar-refractivity contribution in [3.05, 3.63) is 69.3 Å². The van der Waals surface area contributed by atoms with Crippen LogP contribution in [-0.4, -0.2) is 36.4 Å². The first kappa shape index (κ1) is 18.0. The van der Waals surface area contributed by atoms with Crippen molar-refractivity contribution in [3.8, 4) is 0 Å². The van der Waals surface area contributed by atoms with E-state index in [0.29, 0.717) is 18.7 Å². The van der Waals surface area contributed by atoms with E-state index in [1.54, 1.807) is 18.2 Å². The van der Waals surface area contributed by atoms with Gasteiger partial charge in [0.2, 0.25) is 10.0 Å². The summed E-state index contributed by atoms with van der Waals surface area (Å²) >= 11 is 0. The third-order valence-electron chi connectivity index (χ3n) is 4.26. The van der Waals surface area contributed by atoms with Crippen molar-refractivity contribution in [3.63, 3.8) is 0 Å². The number of nitrogens with zero attached hydrogens (tertiary/aromatic N) is 2. The normalized spacial score (nSPS) is 14.5. The van der Waals surface area contributed by atoms with E-state index < -0.39 is 20.9 Å². The van der Waals surface area contributed by atoms with Crippen LogP contribution in [0.25, 0.3) is 0 Å². The molecule has 1 aliphatic rings. The molecule has 0 unspecified atom stereocenters. The number of nitro benzene ring substituents is 1. The van der Waals surface area contributed by atoms with Gasteiger partial charge in [-0.25, -0.2) is 8.42 Å². The number of anilines is 1. The van der Waals surface area contributed by atoms with Gasteiger partial charge in [-0.15, -0.1) is 0 Å². The molecule has 0 fully saturated rings. The predicted octanol–water partition coefficient (Wildman–Crippen LogP) is 2.16. The van der Waals surface area contributed by atoms with Crippen molar-refractivity contribution in [1.29, 1.82) is 0 Å². The summed E-state index contributed by atoms with van der Waals surface area (Å²) < 4.78 is 24.9. The number of benzene rings is 2. The SMILES string of the molecule is CS(=O)(=O)N1CCc2ccc(NC(=O)c3ccccc3[N+](=O)[O-])cc2C1. The van der Waals surface area contributed by atoms with Crippen LogP contribution in [-0.2, 0) is 23.0 Å². The van der Waals surface area contributed by atoms with E-state index in [9.17, 15) is 23.3 Å². The Morgan fingerprint density at radius 1 is 1.19 bits per heavy atom. The van der Waals surface area contributed by atoms with Crippen molar-refractivity contribution in [2.75, 3.05) is 18.1 Å². The lowest BCUT2D eigenvalue weighted by molar-refractivity contribution is -0.385. The van der Waals surface area contributed by atoms with Crippen molar-refractivity contribution in [2.24, 2.45) is 0 Å². The van der Waals surface area contributed by atoms with E-state index in [1.807, 2.05) is 6.07 Å². The molecule has 1 aliphatic heterocycles. The summed E-state index contributed by atoms with van der Waals surface area (Å²) in [6.07, 6.45) is 1.76. The molecule has 1 amide bonds. The molecular weight excluding hydrogens is 358 g/mol. The molecule has 0 spiro atoms. The molecule has 2 aromatic carbocycles. The molecule has 0 radical (unpaired) electrons. The summed E-state index contributed by atoms with van der Waals surface area (Å²) in [4.78, 5) is 22.9. The fourth-order valence-electron chi connectivity index (χ4n) is 2.92. The molecule has 0 bridgehead atoms. The van der Waals surface area contributed by atoms with Crippen LogP contribution in [0.4, 0.5) is 11.4 Å². The first-order valence-electron chi connectivity index (χ1n) is 7.87. The highest BCUT2D eigenvalue weighted by Crippen LogP contribution is 2.25. The molecule has 2 aromatic rings. The monoisotopic (exact) mass is 375 g/mol. The van der Waals surface area contributed by atoms with E-state index in [1.165, 1.54) is 22.5 Å². The number of rotatable bonds is 4. The third kappa shape index (κ3) is 3.73. The number of sulfonamides is 1. The molecule has 0 atom stereocenters. The summed E-state index contributed by atoms with van der Waals surface area (Å²) in [6.45, 7) is 0.664. The zero-order valence-electron chi connectivity index (χ0n) is 14.0. The molecule has 1 heterocycles. The number of hydrogen-bond donors (Lipinski definition) is 1. The second kappa shape index (κ2) is 6.85. The number of hydrogen-bond acceptors (Lipinski definition) is 5. The minimum Gasteiger partial charge on any atom is -0.322 e. The first-order valence-corrected chi connectivity index (χ1v) is 9.72. The van der Waals surface area contributed by atoms with Crippen LogP contribution in [0.5, 0.6) is 0 Å². The second-order valence-electron chi connectivity index (χ2n) is 6.06. The molecular formula is C17H17N3O5S. The van der Waals surface area contributed by atoms with Crippen LogP contribution < -0.4 is 5.32 Å². The van der Waals surface area contributed by atoms with Gasteiger partial charge in [-0.1, -0.05) is 18.2 Å². The van der Waals surface area contributed by atoms with Gasteiger partial charge in [0.05, 0.1) is 11.2 Å². The molecule has 1 N–H and O–H groups in total. The summed E-state index contributed by atoms with van der Waals surface area (Å²) in [5, 5.41) is 13.7. The van der Waals surface area contributed by atoms with Crippen LogP contribution in [0.3, 0.4) is 0 Å². The van der Waals surface area contributed by atoms with Crippen molar-refractivity contribution < 1.29 is 18.1 Å². The molecule has 0 aromatic heterocycles. The Balaban J connectivity index is 1.84. The largest absolute Gasteiger partial charge is 0.322 e. The van der Waals surface area contributed by atoms with E-state index >= 15 is 0 Å². The van der Waals surface area contributed by atoms with Gasteiger partial charge in [-0.2, -0.15) is 4.31 Å². The van der Waals surface area contributed by atoms with Gasteiger partial charge in [0.1, 0.15) is 5.56 Å². The Morgan fingerprint density at radius 2 is 1.92 bits per heavy atom. The average Bonchev–Trinajstić information content (AvgIpc) is 2.60. The fraction of sp³-hybridized carbons (Fsp3) is 0.235. The minimum atomic E-state index is -3.29. The summed E-state index contributed by atoms with van der Waals surface area (Å²) in [7, 11) is -3.29. The molecule has 0 aliphatic carbocycles. The predicted molar refractivity (Wildman–Crippen MR) is 96.4 cm³/mol. The number of carbonyl (C=O) groups is 1. The van der Waals surface area contributed by atoms with Gasteiger partial charge in [-0.3, -0.25) is 14.9 Å². The molecule has 0 saturated heterocycles. The lowest BCUT2D eigenvalue weighted by atomic mass is 10.0. The maximum Gasteiger partial charge on any atom is 0.282 e. The van der Waals surface area contributed by atoms with Gasteiger partial charge < -0.3 is 5.32 Å². The lowest BCUT2D eigenvalue weighted by Crippen LogP contribution is -2.35. The van der Waals surface area contributed by atoms with Crippen LogP contribution in [0.2, 0.25) is 0 Å². The Bertz CT molecular complexity index is 988. The van der Waals surface area contributed by atoms with Gasteiger partial charge in [0.15, 0.2) is 0 Å². The third-order valence-corrected chi connectivity index (χ3v) is 5.51. The van der Waals surface area contributed by atoms with Crippen LogP contribution >= 0.6 is 0 Å². The maximum absolute atomic E-state index is 12.4. The zero-order chi connectivity index (χ0) is 18.9. The standard InChI is InChI=1S/C17H17N3O5S/c1-26(24,25)19-9-8-12-6-7-14(10-13(12)11-19)18-17(21)15-4-2-3-5-16(15)20(22)23/h2-7,10H,8-9,11H2,1H3,(H,18,21). The average molecular weight is 375 g/mol. The Kier molecular flexibility index (Phi) is 4.75. The number of carbonyl (C=O) groups excluding carboxylic acids is 1. The van der Waals surface area contributed by atoms with Gasteiger partial charge in [-0.05, 0) is 35.7 Å².